The summed E-state index contributed by atoms with van der Waals surface area (Å²) in [6, 6.07) is 5.84. The number of aliphatic hydroxyl groups excluding tert-OH is 1. The average molecular weight is 305 g/mol. The molecule has 2 aromatic rings. The lowest BCUT2D eigenvalue weighted by Crippen LogP contribution is -2.43. The normalized spacial score (nSPS) is 25.7. The summed E-state index contributed by atoms with van der Waals surface area (Å²) >= 11 is 1.73. The molecule has 3 rings (SSSR count). The van der Waals surface area contributed by atoms with Crippen LogP contribution in [0.2, 0.25) is 0 Å². The van der Waals surface area contributed by atoms with Crippen molar-refractivity contribution >= 4 is 17.2 Å². The van der Waals surface area contributed by atoms with E-state index >= 15 is 0 Å². The van der Waals surface area contributed by atoms with Gasteiger partial charge >= 0.3 is 0 Å². The summed E-state index contributed by atoms with van der Waals surface area (Å²) in [5.41, 5.74) is 0.499. The van der Waals surface area contributed by atoms with Crippen LogP contribution < -0.4 is 5.32 Å². The van der Waals surface area contributed by atoms with Crippen molar-refractivity contribution in [3.63, 3.8) is 0 Å². The fraction of sp³-hybridized carbons (Fsp3) is 0.438. The van der Waals surface area contributed by atoms with Gasteiger partial charge in [-0.3, -0.25) is 4.79 Å². The number of hydrogen-bond donors (Lipinski definition) is 2. The first-order valence-electron chi connectivity index (χ1n) is 7.22. The van der Waals surface area contributed by atoms with Gasteiger partial charge in [-0.2, -0.15) is 0 Å². The van der Waals surface area contributed by atoms with E-state index in [1.54, 1.807) is 17.4 Å². The van der Waals surface area contributed by atoms with E-state index in [-0.39, 0.29) is 17.4 Å². The van der Waals surface area contributed by atoms with E-state index in [4.69, 9.17) is 4.42 Å². The fourth-order valence-electron chi connectivity index (χ4n) is 2.99. The van der Waals surface area contributed by atoms with Crippen molar-refractivity contribution in [1.82, 2.24) is 5.32 Å². The first-order chi connectivity index (χ1) is 10.2. The summed E-state index contributed by atoms with van der Waals surface area (Å²) in [5.74, 6) is -0.106. The molecule has 1 saturated carbocycles. The maximum absolute atomic E-state index is 12.1. The number of rotatable bonds is 4. The van der Waals surface area contributed by atoms with Crippen LogP contribution in [0.4, 0.5) is 0 Å². The quantitative estimate of drug-likeness (QED) is 0.913. The van der Waals surface area contributed by atoms with Crippen LogP contribution in [0.3, 0.4) is 0 Å². The highest BCUT2D eigenvalue weighted by Crippen LogP contribution is 2.41. The number of carbonyl (C=O) groups excluding carboxylic acids is 1. The van der Waals surface area contributed by atoms with Gasteiger partial charge in [0.05, 0.1) is 17.9 Å². The van der Waals surface area contributed by atoms with Crippen molar-refractivity contribution in [3.05, 3.63) is 46.5 Å². The summed E-state index contributed by atoms with van der Waals surface area (Å²) in [4.78, 5) is 13.4. The van der Waals surface area contributed by atoms with E-state index < -0.39 is 0 Å². The van der Waals surface area contributed by atoms with E-state index in [1.165, 1.54) is 17.4 Å². The Morgan fingerprint density at radius 1 is 1.43 bits per heavy atom. The number of amides is 1. The van der Waals surface area contributed by atoms with Crippen LogP contribution in [0.1, 0.15) is 40.9 Å². The molecule has 0 unspecified atom stereocenters. The first-order valence-corrected chi connectivity index (χ1v) is 8.10. The number of carbonyl (C=O) groups is 1. The van der Waals surface area contributed by atoms with Gasteiger partial charge in [-0.1, -0.05) is 6.07 Å². The van der Waals surface area contributed by atoms with E-state index in [9.17, 15) is 9.90 Å². The summed E-state index contributed by atoms with van der Waals surface area (Å²) in [5, 5.41) is 14.9. The van der Waals surface area contributed by atoms with Crippen molar-refractivity contribution in [1.29, 1.82) is 0 Å². The number of nitrogens with one attached hydrogen (secondary N) is 1. The second-order valence-corrected chi connectivity index (χ2v) is 6.63. The lowest BCUT2D eigenvalue weighted by Gasteiger charge is -2.38. The highest BCUT2D eigenvalue weighted by Gasteiger charge is 2.37. The number of hydrogen-bond acceptors (Lipinski definition) is 4. The number of thiophene rings is 1. The minimum absolute atomic E-state index is 0.0488. The Labute approximate surface area is 127 Å². The van der Waals surface area contributed by atoms with Gasteiger partial charge < -0.3 is 14.8 Å². The maximum atomic E-state index is 12.1. The second kappa shape index (κ2) is 6.03. The van der Waals surface area contributed by atoms with Gasteiger partial charge in [0.1, 0.15) is 6.26 Å². The molecule has 2 N–H and O–H groups in total. The molecule has 112 valence electrons. The van der Waals surface area contributed by atoms with Crippen molar-refractivity contribution < 1.29 is 14.3 Å². The molecular formula is C16H19NO3S. The van der Waals surface area contributed by atoms with Gasteiger partial charge in [0.15, 0.2) is 0 Å². The van der Waals surface area contributed by atoms with Crippen molar-refractivity contribution in [2.75, 3.05) is 6.54 Å². The molecule has 0 radical (unpaired) electrons. The molecule has 4 nitrogen and oxygen atoms in total. The largest absolute Gasteiger partial charge is 0.472 e. The predicted octanol–water partition coefficient (Wildman–Crippen LogP) is 2.94. The van der Waals surface area contributed by atoms with Gasteiger partial charge in [-0.15, -0.1) is 11.3 Å². The Morgan fingerprint density at radius 2 is 2.24 bits per heavy atom. The summed E-state index contributed by atoms with van der Waals surface area (Å²) in [6.07, 6.45) is 6.14. The molecule has 2 heterocycles. The van der Waals surface area contributed by atoms with Gasteiger partial charge in [0, 0.05) is 16.8 Å². The minimum Gasteiger partial charge on any atom is -0.472 e. The van der Waals surface area contributed by atoms with Crippen LogP contribution in [0.25, 0.3) is 0 Å². The average Bonchev–Trinajstić information content (AvgIpc) is 3.20. The van der Waals surface area contributed by atoms with Crippen LogP contribution in [-0.4, -0.2) is 23.7 Å². The zero-order valence-corrected chi connectivity index (χ0v) is 12.6. The third kappa shape index (κ3) is 3.04. The molecular weight excluding hydrogens is 286 g/mol. The molecule has 0 atom stereocenters. The van der Waals surface area contributed by atoms with E-state index in [1.807, 2.05) is 6.07 Å². The lowest BCUT2D eigenvalue weighted by atomic mass is 9.72. The third-order valence-corrected chi connectivity index (χ3v) is 5.44. The fourth-order valence-corrected chi connectivity index (χ4v) is 3.98. The van der Waals surface area contributed by atoms with Crippen LogP contribution in [0, 0.1) is 0 Å². The van der Waals surface area contributed by atoms with Crippen molar-refractivity contribution in [2.45, 2.75) is 37.2 Å². The molecule has 0 bridgehead atoms. The first kappa shape index (κ1) is 14.4. The molecule has 0 aliphatic heterocycles. The predicted molar refractivity (Wildman–Crippen MR) is 81.5 cm³/mol. The smallest absolute Gasteiger partial charge is 0.254 e. The minimum atomic E-state index is -0.206. The van der Waals surface area contributed by atoms with Crippen LogP contribution in [-0.2, 0) is 5.41 Å². The van der Waals surface area contributed by atoms with Crippen LogP contribution in [0.5, 0.6) is 0 Å². The molecule has 2 aromatic heterocycles. The van der Waals surface area contributed by atoms with Gasteiger partial charge in [0.2, 0.25) is 0 Å². The highest BCUT2D eigenvalue weighted by molar-refractivity contribution is 7.10. The molecule has 1 fully saturated rings. The molecule has 21 heavy (non-hydrogen) atoms. The van der Waals surface area contributed by atoms with Gasteiger partial charge in [0.25, 0.3) is 5.91 Å². The van der Waals surface area contributed by atoms with Crippen LogP contribution in [0.15, 0.2) is 40.5 Å². The monoisotopic (exact) mass is 305 g/mol. The zero-order valence-electron chi connectivity index (χ0n) is 11.7. The van der Waals surface area contributed by atoms with Gasteiger partial charge in [-0.25, -0.2) is 0 Å². The topological polar surface area (TPSA) is 62.5 Å². The standard InChI is InChI=1S/C16H19NO3S/c18-13-3-6-16(7-4-13,14-2-1-9-21-14)11-17-15(19)12-5-8-20-10-12/h1-2,5,8-10,13,18H,3-4,6-7,11H2,(H,17,19). The molecule has 1 aliphatic carbocycles. The Morgan fingerprint density at radius 3 is 2.86 bits per heavy atom. The lowest BCUT2D eigenvalue weighted by molar-refractivity contribution is 0.0857. The molecule has 5 heteroatoms. The molecule has 0 aromatic carbocycles. The zero-order chi connectivity index (χ0) is 14.7. The highest BCUT2D eigenvalue weighted by atomic mass is 32.1. The number of furan rings is 1. The summed E-state index contributed by atoms with van der Waals surface area (Å²) in [7, 11) is 0. The summed E-state index contributed by atoms with van der Waals surface area (Å²) in [6.45, 7) is 0.601. The van der Waals surface area contributed by atoms with E-state index in [0.717, 1.165) is 25.7 Å². The Balaban J connectivity index is 1.73. The number of aliphatic hydroxyl groups is 1. The third-order valence-electron chi connectivity index (χ3n) is 4.33. The van der Waals surface area contributed by atoms with Gasteiger partial charge in [-0.05, 0) is 43.2 Å². The van der Waals surface area contributed by atoms with Crippen molar-refractivity contribution in [2.24, 2.45) is 0 Å². The Bertz CT molecular complexity index is 569. The molecule has 1 amide bonds. The van der Waals surface area contributed by atoms with E-state index in [0.29, 0.717) is 12.1 Å². The molecule has 1 aliphatic rings. The SMILES string of the molecule is O=C(NCC1(c2cccs2)CCC(O)CC1)c1ccoc1. The van der Waals surface area contributed by atoms with Crippen molar-refractivity contribution in [3.8, 4) is 0 Å². The maximum Gasteiger partial charge on any atom is 0.254 e. The Hall–Kier alpha value is -1.59. The summed E-state index contributed by atoms with van der Waals surface area (Å²) < 4.78 is 4.95. The van der Waals surface area contributed by atoms with Crippen LogP contribution >= 0.6 is 11.3 Å². The molecule has 0 saturated heterocycles. The second-order valence-electron chi connectivity index (χ2n) is 5.68. The Kier molecular flexibility index (Phi) is 4.12. The molecule has 0 spiro atoms. The van der Waals surface area contributed by atoms with E-state index in [2.05, 4.69) is 16.8 Å².